The maximum Gasteiger partial charge on any atom is 0.178 e. The van der Waals surface area contributed by atoms with E-state index in [0.717, 1.165) is 19.1 Å². The topological polar surface area (TPSA) is 46.6 Å². The number of carbonyl (C=O) groups is 2. The average Bonchev–Trinajstić information content (AvgIpc) is 2.57. The molecule has 0 aliphatic heterocycles. The third kappa shape index (κ3) is 4.71. The molecule has 0 saturated heterocycles. The number of likely N-dealkylation sites (N-methyl/N-ethyl adjacent to an activating group) is 1. The Balaban J connectivity index is 1.93. The number of ketones is 1. The summed E-state index contributed by atoms with van der Waals surface area (Å²) in [5, 5.41) is 0. The van der Waals surface area contributed by atoms with Gasteiger partial charge in [-0.15, -0.1) is 0 Å². The van der Waals surface area contributed by atoms with E-state index >= 15 is 0 Å². The van der Waals surface area contributed by atoms with Crippen LogP contribution in [0.1, 0.15) is 12.0 Å². The summed E-state index contributed by atoms with van der Waals surface area (Å²) in [4.78, 5) is 24.5. The van der Waals surface area contributed by atoms with Crippen LogP contribution in [0.25, 0.3) is 0 Å². The quantitative estimate of drug-likeness (QED) is 0.546. The number of aldehydes is 1. The maximum absolute atomic E-state index is 11.3. The molecule has 0 N–H and O–H groups in total. The number of benzene rings is 1. The van der Waals surface area contributed by atoms with E-state index in [1.807, 2.05) is 37.2 Å². The largest absolute Gasteiger partial charge is 0.352 e. The van der Waals surface area contributed by atoms with Crippen LogP contribution in [0.15, 0.2) is 54.6 Å². The number of allylic oxidation sites excluding steroid dienone is 2. The van der Waals surface area contributed by atoms with E-state index < -0.39 is 5.72 Å². The monoisotopic (exact) mass is 313 g/mol. The molecule has 1 aliphatic rings. The van der Waals surface area contributed by atoms with Crippen molar-refractivity contribution in [2.45, 2.75) is 18.6 Å². The van der Waals surface area contributed by atoms with Crippen LogP contribution in [-0.2, 0) is 20.7 Å². The second-order valence-corrected chi connectivity index (χ2v) is 5.95. The van der Waals surface area contributed by atoms with Gasteiger partial charge in [0.05, 0.1) is 6.61 Å². The van der Waals surface area contributed by atoms with Crippen molar-refractivity contribution in [2.24, 2.45) is 5.92 Å². The van der Waals surface area contributed by atoms with Crippen molar-refractivity contribution in [3.8, 4) is 0 Å². The van der Waals surface area contributed by atoms with E-state index in [1.165, 1.54) is 17.7 Å². The zero-order valence-electron chi connectivity index (χ0n) is 13.6. The highest BCUT2D eigenvalue weighted by atomic mass is 16.5. The normalized spacial score (nSPS) is 17.4. The molecule has 0 fully saturated rings. The highest BCUT2D eigenvalue weighted by molar-refractivity contribution is 6.00. The summed E-state index contributed by atoms with van der Waals surface area (Å²) in [5.74, 6) is -0.228. The molecule has 122 valence electrons. The van der Waals surface area contributed by atoms with Gasteiger partial charge in [-0.3, -0.25) is 9.69 Å². The summed E-state index contributed by atoms with van der Waals surface area (Å²) in [7, 11) is 3.76. The first kappa shape index (κ1) is 17.3. The lowest BCUT2D eigenvalue weighted by molar-refractivity contribution is -0.120. The molecule has 1 aliphatic carbocycles. The first-order valence-corrected chi connectivity index (χ1v) is 7.79. The summed E-state index contributed by atoms with van der Waals surface area (Å²) in [6.45, 7) is 0.317. The van der Waals surface area contributed by atoms with Gasteiger partial charge in [-0.05, 0) is 56.8 Å². The third-order valence-corrected chi connectivity index (χ3v) is 4.04. The Bertz CT molecular complexity index is 574. The van der Waals surface area contributed by atoms with E-state index in [9.17, 15) is 9.59 Å². The molecule has 2 rings (SSSR count). The highest BCUT2D eigenvalue weighted by Gasteiger charge is 2.31. The van der Waals surface area contributed by atoms with Gasteiger partial charge in [0.1, 0.15) is 6.29 Å². The minimum absolute atomic E-state index is 0.0536. The Kier molecular flexibility index (Phi) is 6.02. The predicted octanol–water partition coefficient (Wildman–Crippen LogP) is 2.40. The van der Waals surface area contributed by atoms with Gasteiger partial charge in [0.2, 0.25) is 0 Å². The molecule has 4 heteroatoms. The third-order valence-electron chi connectivity index (χ3n) is 4.04. The minimum Gasteiger partial charge on any atom is -0.352 e. The number of hydrogen-bond donors (Lipinski definition) is 0. The number of ether oxygens (including phenoxy) is 1. The molecular weight excluding hydrogens is 290 g/mol. The second-order valence-electron chi connectivity index (χ2n) is 5.95. The van der Waals surface area contributed by atoms with Crippen molar-refractivity contribution in [3.63, 3.8) is 0 Å². The van der Waals surface area contributed by atoms with Crippen LogP contribution in [0.2, 0.25) is 0 Å². The van der Waals surface area contributed by atoms with Gasteiger partial charge in [0.15, 0.2) is 11.5 Å². The molecule has 1 unspecified atom stereocenters. The van der Waals surface area contributed by atoms with Crippen molar-refractivity contribution in [3.05, 3.63) is 60.2 Å². The lowest BCUT2D eigenvalue weighted by atomic mass is 10.0. The molecule has 0 spiro atoms. The van der Waals surface area contributed by atoms with Crippen LogP contribution >= 0.6 is 0 Å². The van der Waals surface area contributed by atoms with Gasteiger partial charge in [0.25, 0.3) is 0 Å². The summed E-state index contributed by atoms with van der Waals surface area (Å²) in [6, 6.07) is 10.1. The smallest absolute Gasteiger partial charge is 0.178 e. The van der Waals surface area contributed by atoms with Crippen molar-refractivity contribution < 1.29 is 14.3 Å². The van der Waals surface area contributed by atoms with E-state index in [4.69, 9.17) is 4.74 Å². The minimum atomic E-state index is -0.762. The van der Waals surface area contributed by atoms with E-state index in [1.54, 1.807) is 12.2 Å². The summed E-state index contributed by atoms with van der Waals surface area (Å²) >= 11 is 0. The van der Waals surface area contributed by atoms with E-state index in [2.05, 4.69) is 12.1 Å². The van der Waals surface area contributed by atoms with Gasteiger partial charge >= 0.3 is 0 Å². The van der Waals surface area contributed by atoms with Gasteiger partial charge in [0, 0.05) is 5.92 Å². The fourth-order valence-corrected chi connectivity index (χ4v) is 2.47. The van der Waals surface area contributed by atoms with Crippen LogP contribution in [0, 0.1) is 5.92 Å². The van der Waals surface area contributed by atoms with Gasteiger partial charge < -0.3 is 9.53 Å². The molecule has 23 heavy (non-hydrogen) atoms. The summed E-state index contributed by atoms with van der Waals surface area (Å²) < 4.78 is 5.99. The number of hydrogen-bond acceptors (Lipinski definition) is 4. The summed E-state index contributed by atoms with van der Waals surface area (Å²) in [6.07, 6.45) is 8.99. The molecule has 0 aromatic heterocycles. The molecule has 0 amide bonds. The molecule has 1 aromatic rings. The molecule has 1 atom stereocenters. The van der Waals surface area contributed by atoms with Gasteiger partial charge in [-0.1, -0.05) is 30.3 Å². The highest BCUT2D eigenvalue weighted by Crippen LogP contribution is 2.23. The fraction of sp³-hybridized carbons (Fsp3) is 0.368. The average molecular weight is 313 g/mol. The molecule has 0 bridgehead atoms. The first-order chi connectivity index (χ1) is 11.1. The standard InChI is InChI=1S/C19H23NO3/c1-20(2)19(12-10-18(22)11-13-19)23-15-17(14-21)9-8-16-6-4-3-5-7-16/h3-7,10-14,17H,8-9,15H2,1-2H3. The van der Waals surface area contributed by atoms with Crippen LogP contribution in [0.3, 0.4) is 0 Å². The first-order valence-electron chi connectivity index (χ1n) is 7.79. The zero-order chi connectivity index (χ0) is 16.7. The Hall–Kier alpha value is -2.04. The molecule has 4 nitrogen and oxygen atoms in total. The molecule has 0 saturated carbocycles. The number of aryl methyl sites for hydroxylation is 1. The van der Waals surface area contributed by atoms with Crippen LogP contribution < -0.4 is 0 Å². The van der Waals surface area contributed by atoms with Crippen molar-refractivity contribution >= 4 is 12.1 Å². The van der Waals surface area contributed by atoms with Gasteiger partial charge in [-0.25, -0.2) is 0 Å². The SMILES string of the molecule is CN(C)C1(OCC(C=O)CCc2ccccc2)C=CC(=O)C=C1. The van der Waals surface area contributed by atoms with Gasteiger partial charge in [-0.2, -0.15) is 0 Å². The lowest BCUT2D eigenvalue weighted by Crippen LogP contribution is -2.45. The van der Waals surface area contributed by atoms with E-state index in [-0.39, 0.29) is 11.7 Å². The molecular formula is C19H23NO3. The Morgan fingerprint density at radius 1 is 1.17 bits per heavy atom. The van der Waals surface area contributed by atoms with Crippen LogP contribution in [-0.4, -0.2) is 43.4 Å². The van der Waals surface area contributed by atoms with Crippen LogP contribution in [0.5, 0.6) is 0 Å². The van der Waals surface area contributed by atoms with Crippen molar-refractivity contribution in [1.29, 1.82) is 0 Å². The van der Waals surface area contributed by atoms with Crippen molar-refractivity contribution in [2.75, 3.05) is 20.7 Å². The Morgan fingerprint density at radius 3 is 2.39 bits per heavy atom. The number of nitrogens with zero attached hydrogens (tertiary/aromatic N) is 1. The summed E-state index contributed by atoms with van der Waals surface area (Å²) in [5.41, 5.74) is 0.451. The second kappa shape index (κ2) is 7.99. The molecule has 1 aromatic carbocycles. The molecule has 0 radical (unpaired) electrons. The zero-order valence-corrected chi connectivity index (χ0v) is 13.6. The van der Waals surface area contributed by atoms with Crippen molar-refractivity contribution in [1.82, 2.24) is 4.90 Å². The lowest BCUT2D eigenvalue weighted by Gasteiger charge is -2.36. The van der Waals surface area contributed by atoms with Crippen LogP contribution in [0.4, 0.5) is 0 Å². The fourth-order valence-electron chi connectivity index (χ4n) is 2.47. The Morgan fingerprint density at radius 2 is 1.83 bits per heavy atom. The predicted molar refractivity (Wildman–Crippen MR) is 90.0 cm³/mol. The number of carbonyl (C=O) groups excluding carboxylic acids is 2. The molecule has 0 heterocycles. The van der Waals surface area contributed by atoms with E-state index in [0.29, 0.717) is 6.61 Å². The maximum atomic E-state index is 11.3. The number of rotatable bonds is 8. The Labute approximate surface area is 137 Å².